The average molecular weight is 711 g/mol. The molecule has 0 fully saturated rings. The molecule has 0 aliphatic heterocycles. The summed E-state index contributed by atoms with van der Waals surface area (Å²) in [5, 5.41) is 5.24. The van der Waals surface area contributed by atoms with E-state index in [4.69, 9.17) is 0 Å². The van der Waals surface area contributed by atoms with E-state index in [1.165, 1.54) is 111 Å². The van der Waals surface area contributed by atoms with E-state index in [2.05, 4.69) is 182 Å². The molecule has 0 radical (unpaired) electrons. The van der Waals surface area contributed by atoms with Crippen molar-refractivity contribution in [3.05, 3.63) is 226 Å². The number of benzene rings is 9. The monoisotopic (exact) mass is 710 g/mol. The van der Waals surface area contributed by atoms with Gasteiger partial charge in [0.05, 0.1) is 0 Å². The molecule has 9 aromatic rings. The van der Waals surface area contributed by atoms with Crippen LogP contribution < -0.4 is 0 Å². The van der Waals surface area contributed by atoms with Crippen LogP contribution in [0.25, 0.3) is 66.1 Å². The van der Waals surface area contributed by atoms with E-state index in [0.29, 0.717) is 0 Å². The quantitative estimate of drug-likeness (QED) is 0.157. The van der Waals surface area contributed by atoms with Crippen LogP contribution in [0.4, 0.5) is 0 Å². The second-order valence-electron chi connectivity index (χ2n) is 16.9. The Morgan fingerprint density at radius 3 is 1.00 bits per heavy atom. The first kappa shape index (κ1) is 30.8. The fourth-order valence-corrected chi connectivity index (χ4v) is 12.0. The Morgan fingerprint density at radius 1 is 0.268 bits per heavy atom. The molecule has 2 spiro atoms. The lowest BCUT2D eigenvalue weighted by atomic mass is 9.74. The minimum atomic E-state index is -0.0678. The Hall–Kier alpha value is -6.50. The molecule has 0 aromatic heterocycles. The molecule has 4 aliphatic carbocycles. The Labute approximate surface area is 327 Å². The lowest BCUT2D eigenvalue weighted by Crippen LogP contribution is -2.25. The maximum Gasteiger partial charge on any atom is 0.0296 e. The topological polar surface area (TPSA) is 0 Å². The van der Waals surface area contributed by atoms with Gasteiger partial charge in [0.15, 0.2) is 0 Å². The third-order valence-electron chi connectivity index (χ3n) is 14.3. The molecule has 0 atom stereocenters. The molecule has 56 heavy (non-hydrogen) atoms. The molecule has 0 N–H and O–H groups in total. The van der Waals surface area contributed by atoms with Crippen LogP contribution >= 0.6 is 0 Å². The van der Waals surface area contributed by atoms with Gasteiger partial charge in [-0.1, -0.05) is 170 Å². The Kier molecular flexibility index (Phi) is 6.08. The van der Waals surface area contributed by atoms with Gasteiger partial charge >= 0.3 is 0 Å². The van der Waals surface area contributed by atoms with Gasteiger partial charge in [-0.2, -0.15) is 0 Å². The highest BCUT2D eigenvalue weighted by molar-refractivity contribution is 6.21. The first-order chi connectivity index (χ1) is 27.7. The largest absolute Gasteiger partial charge is 0.0620 e. The number of hydrogen-bond donors (Lipinski definition) is 0. The Morgan fingerprint density at radius 2 is 0.589 bits per heavy atom. The highest BCUT2D eigenvalue weighted by Crippen LogP contribution is 2.59. The summed E-state index contributed by atoms with van der Waals surface area (Å²) in [4.78, 5) is 0. The summed E-state index contributed by atoms with van der Waals surface area (Å²) in [5.74, 6) is 0. The van der Waals surface area contributed by atoms with Crippen molar-refractivity contribution >= 4 is 21.5 Å². The fourth-order valence-electron chi connectivity index (χ4n) is 12.0. The van der Waals surface area contributed by atoms with Crippen molar-refractivity contribution in [1.82, 2.24) is 0 Å². The molecule has 0 nitrogen and oxygen atoms in total. The Balaban J connectivity index is 1.09. The van der Waals surface area contributed by atoms with Gasteiger partial charge in [-0.25, -0.2) is 0 Å². The second-order valence-corrected chi connectivity index (χ2v) is 16.9. The van der Waals surface area contributed by atoms with Crippen molar-refractivity contribution in [1.29, 1.82) is 0 Å². The van der Waals surface area contributed by atoms with Gasteiger partial charge in [-0.3, -0.25) is 0 Å². The maximum absolute atomic E-state index is 2.60. The first-order valence-corrected chi connectivity index (χ1v) is 20.3. The number of rotatable bonds is 2. The van der Waals surface area contributed by atoms with Gasteiger partial charge in [0.25, 0.3) is 0 Å². The van der Waals surface area contributed by atoms with E-state index in [0.717, 1.165) is 25.7 Å². The van der Waals surface area contributed by atoms with Crippen LogP contribution in [0.2, 0.25) is 0 Å². The van der Waals surface area contributed by atoms with E-state index >= 15 is 0 Å². The van der Waals surface area contributed by atoms with Crippen LogP contribution in [-0.4, -0.2) is 0 Å². The molecular formula is C56H38. The summed E-state index contributed by atoms with van der Waals surface area (Å²) in [5.41, 5.74) is 22.6. The van der Waals surface area contributed by atoms with Crippen LogP contribution in [0.1, 0.15) is 44.5 Å². The smallest absolute Gasteiger partial charge is 0.0296 e. The maximum atomic E-state index is 2.60. The van der Waals surface area contributed by atoms with Crippen molar-refractivity contribution in [2.45, 2.75) is 36.5 Å². The van der Waals surface area contributed by atoms with Crippen molar-refractivity contribution in [3.8, 4) is 44.5 Å². The van der Waals surface area contributed by atoms with E-state index in [1.54, 1.807) is 0 Å². The van der Waals surface area contributed by atoms with E-state index in [-0.39, 0.29) is 10.8 Å². The summed E-state index contributed by atoms with van der Waals surface area (Å²) >= 11 is 0. The minimum Gasteiger partial charge on any atom is -0.0620 e. The Bertz CT molecular complexity index is 2890. The first-order valence-electron chi connectivity index (χ1n) is 20.3. The molecule has 13 rings (SSSR count). The molecule has 9 aromatic carbocycles. The normalized spacial score (nSPS) is 15.9. The second kappa shape index (κ2) is 11.1. The molecule has 0 amide bonds. The molecule has 4 aliphatic rings. The summed E-state index contributed by atoms with van der Waals surface area (Å²) in [6, 6.07) is 69.9. The van der Waals surface area contributed by atoms with Crippen LogP contribution in [0.15, 0.2) is 182 Å². The third-order valence-corrected chi connectivity index (χ3v) is 14.3. The minimum absolute atomic E-state index is 0.0678. The average Bonchev–Trinajstić information content (AvgIpc) is 3.99. The van der Waals surface area contributed by atoms with Gasteiger partial charge in [-0.15, -0.1) is 0 Å². The van der Waals surface area contributed by atoms with Crippen molar-refractivity contribution < 1.29 is 0 Å². The highest BCUT2D eigenvalue weighted by atomic mass is 14.5. The van der Waals surface area contributed by atoms with Gasteiger partial charge < -0.3 is 0 Å². The van der Waals surface area contributed by atoms with Crippen molar-refractivity contribution in [3.63, 3.8) is 0 Å². The fraction of sp³-hybridized carbons (Fsp3) is 0.107. The standard InChI is InChI=1S/C56H38/c1-2-14-38-32-55(31-37(38)13-1)49-23-11-9-19-43(49)45-27-25-35(29-51(45)55)53-47-21-7-5-17-41(47)42-18-6-8-22-48(42)54(53)36-26-28-46-44-20-10-12-24-50(44)56(52(46)30-36)33-39-15-3-4-16-40(39)34-56/h1-30H,31-34H2. The molecule has 0 saturated carbocycles. The zero-order chi connectivity index (χ0) is 36.6. The summed E-state index contributed by atoms with van der Waals surface area (Å²) in [6.07, 6.45) is 4.16. The van der Waals surface area contributed by atoms with Gasteiger partial charge in [0.1, 0.15) is 0 Å². The van der Waals surface area contributed by atoms with Crippen LogP contribution in [0.3, 0.4) is 0 Å². The summed E-state index contributed by atoms with van der Waals surface area (Å²) < 4.78 is 0. The molecule has 0 unspecified atom stereocenters. The molecule has 0 bridgehead atoms. The molecule has 0 heterocycles. The number of fused-ring (bicyclic) bond motifs is 15. The number of hydrogen-bond acceptors (Lipinski definition) is 0. The van der Waals surface area contributed by atoms with Crippen molar-refractivity contribution in [2.24, 2.45) is 0 Å². The SMILES string of the molecule is c1ccc2c(c1)CC1(C2)c2ccccc2-c2ccc(-c3c(-c4ccc5c(c4)C4(Cc6ccccc6C4)c4ccccc4-5)c4ccccc4c4ccccc34)cc21. The lowest BCUT2D eigenvalue weighted by Gasteiger charge is -2.28. The van der Waals surface area contributed by atoms with Gasteiger partial charge in [0.2, 0.25) is 0 Å². The third kappa shape index (κ3) is 3.94. The van der Waals surface area contributed by atoms with Gasteiger partial charge in [-0.05, 0) is 148 Å². The molecule has 0 saturated heterocycles. The summed E-state index contributed by atoms with van der Waals surface area (Å²) in [6.45, 7) is 0. The zero-order valence-corrected chi connectivity index (χ0v) is 31.1. The predicted molar refractivity (Wildman–Crippen MR) is 232 cm³/mol. The van der Waals surface area contributed by atoms with E-state index in [9.17, 15) is 0 Å². The van der Waals surface area contributed by atoms with E-state index in [1.807, 2.05) is 0 Å². The molecule has 262 valence electrons. The van der Waals surface area contributed by atoms with Crippen LogP contribution in [0, 0.1) is 0 Å². The zero-order valence-electron chi connectivity index (χ0n) is 31.1. The van der Waals surface area contributed by atoms with Gasteiger partial charge in [0, 0.05) is 10.8 Å². The lowest BCUT2D eigenvalue weighted by molar-refractivity contribution is 0.563. The van der Waals surface area contributed by atoms with Crippen molar-refractivity contribution in [2.75, 3.05) is 0 Å². The predicted octanol–water partition coefficient (Wildman–Crippen LogP) is 13.5. The van der Waals surface area contributed by atoms with Crippen LogP contribution in [-0.2, 0) is 36.5 Å². The highest BCUT2D eigenvalue weighted by Gasteiger charge is 2.48. The van der Waals surface area contributed by atoms with E-state index < -0.39 is 0 Å². The summed E-state index contributed by atoms with van der Waals surface area (Å²) in [7, 11) is 0. The van der Waals surface area contributed by atoms with Crippen LogP contribution in [0.5, 0.6) is 0 Å². The molecular weight excluding hydrogens is 673 g/mol. The molecule has 0 heteroatoms.